The zero-order valence-corrected chi connectivity index (χ0v) is 18.3. The van der Waals surface area contributed by atoms with E-state index < -0.39 is 21.8 Å². The number of nitrogens with zero attached hydrogens (tertiary/aromatic N) is 1. The molecule has 1 unspecified atom stereocenters. The third kappa shape index (κ3) is 4.88. The molecule has 0 radical (unpaired) electrons. The van der Waals surface area contributed by atoms with Crippen LogP contribution < -0.4 is 10.6 Å². The van der Waals surface area contributed by atoms with Crippen molar-refractivity contribution in [3.05, 3.63) is 59.2 Å². The van der Waals surface area contributed by atoms with Crippen molar-refractivity contribution in [3.63, 3.8) is 0 Å². The molecule has 2 aromatic carbocycles. The molecule has 1 aliphatic heterocycles. The summed E-state index contributed by atoms with van der Waals surface area (Å²) in [5.74, 6) is -1.56. The Kier molecular flexibility index (Phi) is 6.58. The number of carbonyl (C=O) groups is 2. The van der Waals surface area contributed by atoms with Gasteiger partial charge in [-0.3, -0.25) is 9.59 Å². The molecule has 30 heavy (non-hydrogen) atoms. The molecule has 0 bridgehead atoms. The number of nitrogens with one attached hydrogen (secondary N) is 2. The van der Waals surface area contributed by atoms with Gasteiger partial charge in [-0.25, -0.2) is 8.42 Å². The summed E-state index contributed by atoms with van der Waals surface area (Å²) in [6.45, 7) is 6.00. The summed E-state index contributed by atoms with van der Waals surface area (Å²) >= 11 is 0. The van der Waals surface area contributed by atoms with Crippen molar-refractivity contribution in [2.45, 2.75) is 44.6 Å². The monoisotopic (exact) mass is 429 g/mol. The number of sulfonamides is 1. The minimum absolute atomic E-state index is 0.0875. The zero-order chi connectivity index (χ0) is 21.9. The summed E-state index contributed by atoms with van der Waals surface area (Å²) in [5, 5.41) is 5.14. The highest BCUT2D eigenvalue weighted by atomic mass is 32.2. The summed E-state index contributed by atoms with van der Waals surface area (Å²) in [6.07, 6.45) is 1.34. The van der Waals surface area contributed by atoms with Crippen LogP contribution >= 0.6 is 0 Å². The van der Waals surface area contributed by atoms with Gasteiger partial charge in [0, 0.05) is 24.8 Å². The third-order valence-electron chi connectivity index (χ3n) is 5.23. The van der Waals surface area contributed by atoms with Crippen molar-refractivity contribution in [1.29, 1.82) is 0 Å². The second kappa shape index (κ2) is 8.97. The fourth-order valence-corrected chi connectivity index (χ4v) is 5.65. The van der Waals surface area contributed by atoms with E-state index in [-0.39, 0.29) is 17.5 Å². The molecule has 0 spiro atoms. The number of amides is 2. The number of aryl methyl sites for hydroxylation is 3. The van der Waals surface area contributed by atoms with Crippen LogP contribution in [0.15, 0.2) is 47.4 Å². The topological polar surface area (TPSA) is 95.6 Å². The number of carbonyl (C=O) groups excluding carboxylic acids is 2. The van der Waals surface area contributed by atoms with Crippen molar-refractivity contribution in [2.24, 2.45) is 0 Å². The Bertz CT molecular complexity index is 1070. The van der Waals surface area contributed by atoms with Crippen molar-refractivity contribution in [2.75, 3.05) is 18.4 Å². The number of anilines is 1. The minimum Gasteiger partial charge on any atom is -0.346 e. The smallest absolute Gasteiger partial charge is 0.313 e. The van der Waals surface area contributed by atoms with Gasteiger partial charge in [0.05, 0.1) is 4.90 Å². The van der Waals surface area contributed by atoms with E-state index >= 15 is 0 Å². The fraction of sp³-hybridized carbons (Fsp3) is 0.364. The molecular formula is C22H27N3O4S. The summed E-state index contributed by atoms with van der Waals surface area (Å²) in [5.41, 5.74) is 3.06. The van der Waals surface area contributed by atoms with E-state index in [1.807, 2.05) is 26.0 Å². The van der Waals surface area contributed by atoms with Crippen LogP contribution in [0.2, 0.25) is 0 Å². The van der Waals surface area contributed by atoms with E-state index in [2.05, 4.69) is 10.6 Å². The first-order valence-corrected chi connectivity index (χ1v) is 11.4. The summed E-state index contributed by atoms with van der Waals surface area (Å²) in [4.78, 5) is 24.7. The Labute approximate surface area is 177 Å². The second-order valence-corrected chi connectivity index (χ2v) is 9.57. The minimum atomic E-state index is -3.68. The lowest BCUT2D eigenvalue weighted by Crippen LogP contribution is -2.45. The molecule has 1 saturated heterocycles. The van der Waals surface area contributed by atoms with Crippen molar-refractivity contribution in [1.82, 2.24) is 9.62 Å². The summed E-state index contributed by atoms with van der Waals surface area (Å²) < 4.78 is 27.8. The quantitative estimate of drug-likeness (QED) is 0.714. The Morgan fingerprint density at radius 3 is 2.50 bits per heavy atom. The van der Waals surface area contributed by atoms with E-state index in [0.717, 1.165) is 11.1 Å². The van der Waals surface area contributed by atoms with Gasteiger partial charge < -0.3 is 10.6 Å². The van der Waals surface area contributed by atoms with Crippen molar-refractivity contribution in [3.8, 4) is 0 Å². The lowest BCUT2D eigenvalue weighted by atomic mass is 10.2. The summed E-state index contributed by atoms with van der Waals surface area (Å²) in [6, 6.07) is 12.1. The Balaban J connectivity index is 1.65. The molecule has 3 rings (SSSR count). The van der Waals surface area contributed by atoms with Crippen LogP contribution in [0, 0.1) is 20.8 Å². The van der Waals surface area contributed by atoms with Crippen LogP contribution in [0.4, 0.5) is 5.69 Å². The van der Waals surface area contributed by atoms with Gasteiger partial charge in [-0.2, -0.15) is 4.31 Å². The average molecular weight is 430 g/mol. The Morgan fingerprint density at radius 1 is 1.03 bits per heavy atom. The predicted molar refractivity (Wildman–Crippen MR) is 116 cm³/mol. The molecule has 160 valence electrons. The summed E-state index contributed by atoms with van der Waals surface area (Å²) in [7, 11) is -3.68. The predicted octanol–water partition coefficient (Wildman–Crippen LogP) is 2.52. The molecule has 2 N–H and O–H groups in total. The van der Waals surface area contributed by atoms with Gasteiger partial charge >= 0.3 is 11.8 Å². The van der Waals surface area contributed by atoms with Crippen LogP contribution in [-0.4, -0.2) is 43.7 Å². The van der Waals surface area contributed by atoms with Gasteiger partial charge in [-0.15, -0.1) is 0 Å². The van der Waals surface area contributed by atoms with Gasteiger partial charge in [0.2, 0.25) is 10.0 Å². The van der Waals surface area contributed by atoms with Crippen molar-refractivity contribution < 1.29 is 18.0 Å². The molecule has 2 aromatic rings. The molecule has 1 aliphatic rings. The van der Waals surface area contributed by atoms with Gasteiger partial charge in [0.25, 0.3) is 0 Å². The standard InChI is InChI=1S/C22H27N3O4S/c1-15-6-4-7-18(12-15)24-22(27)21(26)23-14-19-8-5-11-25(19)30(28,29)20-13-16(2)9-10-17(20)3/h4,6-7,9-10,12-13,19H,5,8,11,14H2,1-3H3,(H,23,26)(H,24,27). The lowest BCUT2D eigenvalue weighted by molar-refractivity contribution is -0.136. The van der Waals surface area contributed by atoms with E-state index in [9.17, 15) is 18.0 Å². The maximum absolute atomic E-state index is 13.2. The number of hydrogen-bond donors (Lipinski definition) is 2. The largest absolute Gasteiger partial charge is 0.346 e. The molecule has 0 aliphatic carbocycles. The molecule has 1 heterocycles. The molecule has 0 saturated carbocycles. The SMILES string of the molecule is Cc1cccc(NC(=O)C(=O)NCC2CCCN2S(=O)(=O)c2cc(C)ccc2C)c1. The first kappa shape index (κ1) is 22.0. The van der Waals surface area contributed by atoms with E-state index in [1.54, 1.807) is 37.3 Å². The maximum Gasteiger partial charge on any atom is 0.313 e. The van der Waals surface area contributed by atoms with E-state index in [0.29, 0.717) is 30.6 Å². The molecule has 1 fully saturated rings. The first-order chi connectivity index (χ1) is 14.2. The zero-order valence-electron chi connectivity index (χ0n) is 17.4. The molecule has 0 aromatic heterocycles. The van der Waals surface area contributed by atoms with Gasteiger partial charge in [-0.05, 0) is 68.5 Å². The molecule has 7 nitrogen and oxygen atoms in total. The van der Waals surface area contributed by atoms with E-state index in [4.69, 9.17) is 0 Å². The average Bonchev–Trinajstić information content (AvgIpc) is 3.17. The number of rotatable bonds is 5. The highest BCUT2D eigenvalue weighted by Crippen LogP contribution is 2.28. The molecule has 1 atom stereocenters. The fourth-order valence-electron chi connectivity index (χ4n) is 3.64. The van der Waals surface area contributed by atoms with Crippen LogP contribution in [0.5, 0.6) is 0 Å². The number of hydrogen-bond acceptors (Lipinski definition) is 4. The van der Waals surface area contributed by atoms with Gasteiger partial charge in [0.15, 0.2) is 0 Å². The Morgan fingerprint density at radius 2 is 1.77 bits per heavy atom. The third-order valence-corrected chi connectivity index (χ3v) is 7.33. The molecule has 8 heteroatoms. The van der Waals surface area contributed by atoms with Crippen LogP contribution in [0.25, 0.3) is 0 Å². The lowest BCUT2D eigenvalue weighted by Gasteiger charge is -2.25. The molecule has 2 amide bonds. The number of benzene rings is 2. The van der Waals surface area contributed by atoms with Gasteiger partial charge in [0.1, 0.15) is 0 Å². The normalized spacial score (nSPS) is 17.0. The maximum atomic E-state index is 13.2. The second-order valence-electron chi connectivity index (χ2n) is 7.71. The van der Waals surface area contributed by atoms with Crippen molar-refractivity contribution >= 4 is 27.5 Å². The Hall–Kier alpha value is -2.71. The van der Waals surface area contributed by atoms with Gasteiger partial charge in [-0.1, -0.05) is 24.3 Å². The molecular weight excluding hydrogens is 402 g/mol. The first-order valence-electron chi connectivity index (χ1n) is 9.93. The highest BCUT2D eigenvalue weighted by molar-refractivity contribution is 7.89. The van der Waals surface area contributed by atoms with Crippen LogP contribution in [0.1, 0.15) is 29.5 Å². The van der Waals surface area contributed by atoms with Crippen LogP contribution in [0.3, 0.4) is 0 Å². The van der Waals surface area contributed by atoms with Crippen LogP contribution in [-0.2, 0) is 19.6 Å². The highest BCUT2D eigenvalue weighted by Gasteiger charge is 2.36. The van der Waals surface area contributed by atoms with E-state index in [1.165, 1.54) is 4.31 Å².